The number of aryl methyl sites for hydroxylation is 2. The minimum Gasteiger partial charge on any atom is -0.772 e. The van der Waals surface area contributed by atoms with Crippen LogP contribution in [0.5, 0.6) is 0 Å². The van der Waals surface area contributed by atoms with Crippen molar-refractivity contribution in [2.75, 3.05) is 5.75 Å². The summed E-state index contributed by atoms with van der Waals surface area (Å²) < 4.78 is 20.5. The van der Waals surface area contributed by atoms with Gasteiger partial charge in [0.1, 0.15) is 0 Å². The van der Waals surface area contributed by atoms with Gasteiger partial charge in [0.25, 0.3) is 0 Å². The van der Waals surface area contributed by atoms with Crippen LogP contribution in [-0.2, 0) is 17.5 Å². The topological polar surface area (TPSA) is 40.1 Å². The monoisotopic (exact) mass is 183 g/mol. The zero-order valence-corrected chi connectivity index (χ0v) is 7.76. The van der Waals surface area contributed by atoms with Gasteiger partial charge < -0.3 is 4.55 Å². The van der Waals surface area contributed by atoms with Crippen LogP contribution in [0.15, 0.2) is 24.3 Å². The first kappa shape index (κ1) is 9.42. The van der Waals surface area contributed by atoms with Gasteiger partial charge in [-0.3, -0.25) is 4.21 Å². The van der Waals surface area contributed by atoms with Crippen molar-refractivity contribution in [2.24, 2.45) is 0 Å². The maximum Gasteiger partial charge on any atom is 0.0142 e. The highest BCUT2D eigenvalue weighted by Crippen LogP contribution is 2.03. The van der Waals surface area contributed by atoms with Crippen LogP contribution in [0, 0.1) is 6.92 Å². The van der Waals surface area contributed by atoms with E-state index in [1.807, 2.05) is 31.2 Å². The summed E-state index contributed by atoms with van der Waals surface area (Å²) in [5.41, 5.74) is 2.27. The van der Waals surface area contributed by atoms with E-state index in [0.29, 0.717) is 6.42 Å². The van der Waals surface area contributed by atoms with Crippen LogP contribution in [-0.4, -0.2) is 14.5 Å². The minimum atomic E-state index is -1.92. The summed E-state index contributed by atoms with van der Waals surface area (Å²) in [6, 6.07) is 7.90. The normalized spacial score (nSPS) is 12.8. The summed E-state index contributed by atoms with van der Waals surface area (Å²) in [7, 11) is 0. The highest BCUT2D eigenvalue weighted by molar-refractivity contribution is 7.79. The molecule has 0 heterocycles. The molecule has 1 aromatic rings. The number of benzene rings is 1. The van der Waals surface area contributed by atoms with Crippen LogP contribution in [0.4, 0.5) is 0 Å². The Labute approximate surface area is 74.9 Å². The molecule has 1 unspecified atom stereocenters. The maximum atomic E-state index is 10.2. The zero-order valence-electron chi connectivity index (χ0n) is 6.95. The number of hydrogen-bond acceptors (Lipinski definition) is 2. The molecule has 12 heavy (non-hydrogen) atoms. The lowest BCUT2D eigenvalue weighted by Gasteiger charge is -2.04. The van der Waals surface area contributed by atoms with Gasteiger partial charge in [0.2, 0.25) is 0 Å². The first-order valence-electron chi connectivity index (χ1n) is 3.80. The van der Waals surface area contributed by atoms with E-state index in [9.17, 15) is 8.76 Å². The molecule has 2 nitrogen and oxygen atoms in total. The fourth-order valence-electron chi connectivity index (χ4n) is 0.956. The Balaban J connectivity index is 2.53. The molecule has 0 spiro atoms. The van der Waals surface area contributed by atoms with Crippen LogP contribution >= 0.6 is 0 Å². The summed E-state index contributed by atoms with van der Waals surface area (Å²) in [5.74, 6) is 0.211. The SMILES string of the molecule is Cc1ccc(CCS(=O)[O-])cc1. The van der Waals surface area contributed by atoms with E-state index in [2.05, 4.69) is 0 Å². The third kappa shape index (κ3) is 3.15. The van der Waals surface area contributed by atoms with E-state index in [4.69, 9.17) is 0 Å². The van der Waals surface area contributed by atoms with Gasteiger partial charge in [-0.15, -0.1) is 0 Å². The van der Waals surface area contributed by atoms with Crippen LogP contribution < -0.4 is 0 Å². The third-order valence-electron chi connectivity index (χ3n) is 1.68. The van der Waals surface area contributed by atoms with Crippen molar-refractivity contribution in [3.05, 3.63) is 35.4 Å². The Kier molecular flexibility index (Phi) is 3.44. The Morgan fingerprint density at radius 2 is 1.92 bits per heavy atom. The lowest BCUT2D eigenvalue weighted by molar-refractivity contribution is 0.536. The Bertz CT molecular complexity index is 266. The molecule has 0 fully saturated rings. The van der Waals surface area contributed by atoms with Gasteiger partial charge in [-0.2, -0.15) is 0 Å². The van der Waals surface area contributed by atoms with Crippen LogP contribution in [0.3, 0.4) is 0 Å². The number of rotatable bonds is 3. The van der Waals surface area contributed by atoms with E-state index in [0.717, 1.165) is 5.56 Å². The molecular formula is C9H11O2S-. The zero-order chi connectivity index (χ0) is 8.97. The lowest BCUT2D eigenvalue weighted by atomic mass is 10.1. The van der Waals surface area contributed by atoms with Crippen LogP contribution in [0.25, 0.3) is 0 Å². The molecule has 0 N–H and O–H groups in total. The summed E-state index contributed by atoms with van der Waals surface area (Å²) in [4.78, 5) is 0. The molecule has 0 aliphatic rings. The molecule has 1 atom stereocenters. The summed E-state index contributed by atoms with van der Waals surface area (Å²) in [6.07, 6.45) is 0.608. The Hall–Kier alpha value is -0.670. The second-order valence-electron chi connectivity index (χ2n) is 2.74. The predicted octanol–water partition coefficient (Wildman–Crippen LogP) is 1.42. The van der Waals surface area contributed by atoms with Crippen molar-refractivity contribution < 1.29 is 8.76 Å². The summed E-state index contributed by atoms with van der Waals surface area (Å²) >= 11 is -1.92. The van der Waals surface area contributed by atoms with Crippen molar-refractivity contribution in [3.63, 3.8) is 0 Å². The number of hydrogen-bond donors (Lipinski definition) is 0. The average Bonchev–Trinajstić information content (AvgIpc) is 2.03. The molecule has 0 amide bonds. The summed E-state index contributed by atoms with van der Waals surface area (Å²) in [5, 5.41) is 0. The highest BCUT2D eigenvalue weighted by atomic mass is 32.2. The lowest BCUT2D eigenvalue weighted by Crippen LogP contribution is -1.99. The van der Waals surface area contributed by atoms with E-state index >= 15 is 0 Å². The van der Waals surface area contributed by atoms with Gasteiger partial charge in [0, 0.05) is 5.75 Å². The van der Waals surface area contributed by atoms with Gasteiger partial charge in [0.05, 0.1) is 0 Å². The standard InChI is InChI=1S/C9H12O2S/c1-8-2-4-9(5-3-8)6-7-12(10)11/h2-5H,6-7H2,1H3,(H,10,11)/p-1. The largest absolute Gasteiger partial charge is 0.772 e. The van der Waals surface area contributed by atoms with Crippen molar-refractivity contribution in [1.82, 2.24) is 0 Å². The second kappa shape index (κ2) is 4.38. The highest BCUT2D eigenvalue weighted by Gasteiger charge is 1.91. The van der Waals surface area contributed by atoms with Crippen LogP contribution in [0.2, 0.25) is 0 Å². The molecule has 3 heteroatoms. The molecule has 0 saturated carbocycles. The maximum absolute atomic E-state index is 10.2. The van der Waals surface area contributed by atoms with E-state index < -0.39 is 11.1 Å². The predicted molar refractivity (Wildman–Crippen MR) is 48.7 cm³/mol. The Morgan fingerprint density at radius 1 is 1.33 bits per heavy atom. The van der Waals surface area contributed by atoms with Crippen LogP contribution in [0.1, 0.15) is 11.1 Å². The summed E-state index contributed by atoms with van der Waals surface area (Å²) in [6.45, 7) is 2.01. The van der Waals surface area contributed by atoms with E-state index in [-0.39, 0.29) is 5.75 Å². The fraction of sp³-hybridized carbons (Fsp3) is 0.333. The van der Waals surface area contributed by atoms with E-state index in [1.165, 1.54) is 5.56 Å². The molecule has 1 rings (SSSR count). The van der Waals surface area contributed by atoms with Gasteiger partial charge >= 0.3 is 0 Å². The Morgan fingerprint density at radius 3 is 2.42 bits per heavy atom. The molecule has 0 aliphatic carbocycles. The van der Waals surface area contributed by atoms with Crippen molar-refractivity contribution in [2.45, 2.75) is 13.3 Å². The van der Waals surface area contributed by atoms with Crippen molar-refractivity contribution in [1.29, 1.82) is 0 Å². The minimum absolute atomic E-state index is 0.211. The molecule has 0 radical (unpaired) electrons. The smallest absolute Gasteiger partial charge is 0.0142 e. The van der Waals surface area contributed by atoms with Gasteiger partial charge in [0.15, 0.2) is 0 Å². The molecule has 0 aromatic heterocycles. The average molecular weight is 183 g/mol. The molecule has 66 valence electrons. The van der Waals surface area contributed by atoms with E-state index in [1.54, 1.807) is 0 Å². The van der Waals surface area contributed by atoms with Gasteiger partial charge in [-0.25, -0.2) is 0 Å². The molecule has 0 bridgehead atoms. The quantitative estimate of drug-likeness (QED) is 0.665. The van der Waals surface area contributed by atoms with Gasteiger partial charge in [-0.1, -0.05) is 40.9 Å². The van der Waals surface area contributed by atoms with Gasteiger partial charge in [-0.05, 0) is 18.9 Å². The first-order valence-corrected chi connectivity index (χ1v) is 5.04. The fourth-order valence-corrected chi connectivity index (χ4v) is 1.36. The molecule has 0 aliphatic heterocycles. The molecular weight excluding hydrogens is 172 g/mol. The van der Waals surface area contributed by atoms with Crippen molar-refractivity contribution in [3.8, 4) is 0 Å². The molecule has 0 saturated heterocycles. The van der Waals surface area contributed by atoms with Crippen molar-refractivity contribution >= 4 is 11.1 Å². The third-order valence-corrected chi connectivity index (χ3v) is 2.22. The molecule has 1 aromatic carbocycles. The second-order valence-corrected chi connectivity index (χ2v) is 3.76. The first-order chi connectivity index (χ1) is 5.68.